The monoisotopic (exact) mass is 337 g/mol. The fourth-order valence-corrected chi connectivity index (χ4v) is 3.21. The van der Waals surface area contributed by atoms with Crippen molar-refractivity contribution in [2.45, 2.75) is 32.2 Å². The zero-order chi connectivity index (χ0) is 15.2. The molecule has 0 fully saturated rings. The molecule has 0 aliphatic heterocycles. The fraction of sp³-hybridized carbons (Fsp3) is 0.571. The van der Waals surface area contributed by atoms with Gasteiger partial charge in [0.2, 0.25) is 0 Å². The van der Waals surface area contributed by atoms with E-state index < -0.39 is 9.84 Å². The van der Waals surface area contributed by atoms with E-state index in [1.54, 1.807) is 13.0 Å². The van der Waals surface area contributed by atoms with Crippen LogP contribution < -0.4 is 5.32 Å². The van der Waals surface area contributed by atoms with E-state index >= 15 is 0 Å². The maximum Gasteiger partial charge on any atom is 0.150 e. The largest absolute Gasteiger partial charge is 0.317 e. The molecule has 0 bridgehead atoms. The Morgan fingerprint density at radius 3 is 2.50 bits per heavy atom. The third kappa shape index (κ3) is 6.00. The van der Waals surface area contributed by atoms with Crippen LogP contribution in [0.1, 0.15) is 25.3 Å². The van der Waals surface area contributed by atoms with E-state index in [4.69, 9.17) is 23.2 Å². The summed E-state index contributed by atoms with van der Waals surface area (Å²) >= 11 is 11.9. The Morgan fingerprint density at radius 1 is 1.25 bits per heavy atom. The van der Waals surface area contributed by atoms with Crippen molar-refractivity contribution in [2.24, 2.45) is 0 Å². The molecule has 0 aliphatic rings. The minimum absolute atomic E-state index is 0.212. The summed E-state index contributed by atoms with van der Waals surface area (Å²) in [4.78, 5) is 0. The lowest BCUT2D eigenvalue weighted by Crippen LogP contribution is -2.28. The third-order valence-corrected chi connectivity index (χ3v) is 5.85. The van der Waals surface area contributed by atoms with Crippen molar-refractivity contribution in [3.05, 3.63) is 33.8 Å². The van der Waals surface area contributed by atoms with Gasteiger partial charge in [-0.1, -0.05) is 36.2 Å². The molecule has 0 aliphatic carbocycles. The van der Waals surface area contributed by atoms with Crippen LogP contribution in [0.3, 0.4) is 0 Å². The summed E-state index contributed by atoms with van der Waals surface area (Å²) in [7, 11) is -0.989. The molecule has 0 spiro atoms. The van der Waals surface area contributed by atoms with Gasteiger partial charge in [0.15, 0.2) is 0 Å². The van der Waals surface area contributed by atoms with Gasteiger partial charge >= 0.3 is 0 Å². The number of hydrogen-bond acceptors (Lipinski definition) is 3. The molecule has 1 atom stereocenters. The topological polar surface area (TPSA) is 46.2 Å². The number of likely N-dealkylation sites (N-methyl/N-ethyl adjacent to an activating group) is 1. The van der Waals surface area contributed by atoms with Gasteiger partial charge in [-0.3, -0.25) is 0 Å². The van der Waals surface area contributed by atoms with Crippen molar-refractivity contribution in [3.63, 3.8) is 0 Å². The van der Waals surface area contributed by atoms with Gasteiger partial charge in [-0.15, -0.1) is 0 Å². The molecular formula is C14H21Cl2NO2S. The summed E-state index contributed by atoms with van der Waals surface area (Å²) in [5.74, 6) is 0.465. The van der Waals surface area contributed by atoms with E-state index in [0.717, 1.165) is 18.4 Å². The molecule has 1 aromatic carbocycles. The molecular weight excluding hydrogens is 317 g/mol. The minimum atomic E-state index is -2.87. The summed E-state index contributed by atoms with van der Waals surface area (Å²) in [5.41, 5.74) is 1.09. The highest BCUT2D eigenvalue weighted by Gasteiger charge is 2.12. The zero-order valence-electron chi connectivity index (χ0n) is 11.8. The number of halogens is 2. The van der Waals surface area contributed by atoms with Crippen molar-refractivity contribution < 1.29 is 8.42 Å². The Labute approximate surface area is 131 Å². The number of rotatable bonds is 8. The predicted molar refractivity (Wildman–Crippen MR) is 86.6 cm³/mol. The maximum absolute atomic E-state index is 11.5. The highest BCUT2D eigenvalue weighted by atomic mass is 35.5. The molecule has 1 N–H and O–H groups in total. The SMILES string of the molecule is CCS(=O)(=O)CCCC(Cc1ccc(Cl)c(Cl)c1)NC. The molecule has 0 aromatic heterocycles. The summed E-state index contributed by atoms with van der Waals surface area (Å²) in [6.07, 6.45) is 2.29. The molecule has 1 aromatic rings. The maximum atomic E-state index is 11.5. The Kier molecular flexibility index (Phi) is 7.30. The minimum Gasteiger partial charge on any atom is -0.317 e. The van der Waals surface area contributed by atoms with Gasteiger partial charge in [0, 0.05) is 11.8 Å². The van der Waals surface area contributed by atoms with E-state index in [2.05, 4.69) is 5.32 Å². The summed E-state index contributed by atoms with van der Waals surface area (Å²) in [6.45, 7) is 1.68. The first-order valence-corrected chi connectivity index (χ1v) is 9.27. The van der Waals surface area contributed by atoms with E-state index in [1.165, 1.54) is 0 Å². The van der Waals surface area contributed by atoms with Gasteiger partial charge in [-0.25, -0.2) is 8.42 Å². The first kappa shape index (κ1) is 17.8. The molecule has 0 saturated carbocycles. The van der Waals surface area contributed by atoms with Crippen LogP contribution in [0.2, 0.25) is 10.0 Å². The van der Waals surface area contributed by atoms with Crippen molar-refractivity contribution in [1.29, 1.82) is 0 Å². The van der Waals surface area contributed by atoms with Gasteiger partial charge in [-0.2, -0.15) is 0 Å². The molecule has 20 heavy (non-hydrogen) atoms. The molecule has 0 saturated heterocycles. The second kappa shape index (κ2) is 8.23. The van der Waals surface area contributed by atoms with Crippen LogP contribution >= 0.6 is 23.2 Å². The normalized spacial score (nSPS) is 13.4. The van der Waals surface area contributed by atoms with Crippen LogP contribution in [-0.4, -0.2) is 33.0 Å². The number of nitrogens with one attached hydrogen (secondary N) is 1. The van der Waals surface area contributed by atoms with Gasteiger partial charge in [0.05, 0.1) is 15.8 Å². The van der Waals surface area contributed by atoms with E-state index in [-0.39, 0.29) is 17.5 Å². The van der Waals surface area contributed by atoms with Crippen LogP contribution in [-0.2, 0) is 16.3 Å². The lowest BCUT2D eigenvalue weighted by molar-refractivity contribution is 0.511. The van der Waals surface area contributed by atoms with Crippen molar-refractivity contribution >= 4 is 33.0 Å². The average molecular weight is 338 g/mol. The summed E-state index contributed by atoms with van der Waals surface area (Å²) in [6, 6.07) is 5.82. The first-order chi connectivity index (χ1) is 9.38. The second-order valence-electron chi connectivity index (χ2n) is 4.82. The van der Waals surface area contributed by atoms with Crippen molar-refractivity contribution in [1.82, 2.24) is 5.32 Å². The van der Waals surface area contributed by atoms with Crippen LogP contribution in [0.25, 0.3) is 0 Å². The molecule has 0 heterocycles. The molecule has 3 nitrogen and oxygen atoms in total. The molecule has 0 amide bonds. The van der Waals surface area contributed by atoms with Gasteiger partial charge < -0.3 is 5.32 Å². The summed E-state index contributed by atoms with van der Waals surface area (Å²) < 4.78 is 22.9. The van der Waals surface area contributed by atoms with Crippen LogP contribution in [0.15, 0.2) is 18.2 Å². The average Bonchev–Trinajstić information content (AvgIpc) is 2.41. The zero-order valence-corrected chi connectivity index (χ0v) is 14.2. The molecule has 1 unspecified atom stereocenters. The van der Waals surface area contributed by atoms with Crippen molar-refractivity contribution in [3.8, 4) is 0 Å². The van der Waals surface area contributed by atoms with Gasteiger partial charge in [0.25, 0.3) is 0 Å². The van der Waals surface area contributed by atoms with Crippen molar-refractivity contribution in [2.75, 3.05) is 18.6 Å². The number of benzene rings is 1. The smallest absolute Gasteiger partial charge is 0.150 e. The number of hydrogen-bond donors (Lipinski definition) is 1. The molecule has 6 heteroatoms. The Bertz CT molecular complexity index is 532. The highest BCUT2D eigenvalue weighted by molar-refractivity contribution is 7.91. The third-order valence-electron chi connectivity index (χ3n) is 3.32. The molecule has 114 valence electrons. The molecule has 0 radical (unpaired) electrons. The van der Waals surface area contributed by atoms with Crippen LogP contribution in [0, 0.1) is 0 Å². The quantitative estimate of drug-likeness (QED) is 0.791. The standard InChI is InChI=1S/C14H21Cl2NO2S/c1-3-20(18,19)8-4-5-12(17-2)9-11-6-7-13(15)14(16)10-11/h6-7,10,12,17H,3-5,8-9H2,1-2H3. The van der Waals surface area contributed by atoms with Gasteiger partial charge in [-0.05, 0) is 44.0 Å². The fourth-order valence-electron chi connectivity index (χ4n) is 1.99. The Balaban J connectivity index is 2.52. The van der Waals surface area contributed by atoms with Crippen LogP contribution in [0.4, 0.5) is 0 Å². The highest BCUT2D eigenvalue weighted by Crippen LogP contribution is 2.23. The Morgan fingerprint density at radius 2 is 1.95 bits per heavy atom. The van der Waals surface area contributed by atoms with Gasteiger partial charge in [0.1, 0.15) is 9.84 Å². The second-order valence-corrected chi connectivity index (χ2v) is 8.10. The van der Waals surface area contributed by atoms with E-state index in [0.29, 0.717) is 16.5 Å². The van der Waals surface area contributed by atoms with E-state index in [1.807, 2.05) is 19.2 Å². The van der Waals surface area contributed by atoms with Crippen LogP contribution in [0.5, 0.6) is 0 Å². The summed E-state index contributed by atoms with van der Waals surface area (Å²) in [5, 5.41) is 4.31. The lowest BCUT2D eigenvalue weighted by Gasteiger charge is -2.16. The van der Waals surface area contributed by atoms with E-state index in [9.17, 15) is 8.42 Å². The number of sulfone groups is 1. The Hall–Kier alpha value is -0.290. The lowest BCUT2D eigenvalue weighted by atomic mass is 10.0. The first-order valence-electron chi connectivity index (χ1n) is 6.69. The molecule has 1 rings (SSSR count). The predicted octanol–water partition coefficient (Wildman–Crippen LogP) is 3.34.